The Morgan fingerprint density at radius 3 is 2.47 bits per heavy atom. The molecule has 0 spiro atoms. The molecule has 0 aliphatic rings. The van der Waals surface area contributed by atoms with E-state index in [4.69, 9.17) is 15.2 Å². The lowest BCUT2D eigenvalue weighted by molar-refractivity contribution is -0.144. The molecule has 86 valence electrons. The number of hydrogen-bond acceptors (Lipinski definition) is 4. The third-order valence-corrected chi connectivity index (χ3v) is 2.20. The summed E-state index contributed by atoms with van der Waals surface area (Å²) in [5.41, 5.74) is 5.74. The molecule has 15 heavy (non-hydrogen) atoms. The highest BCUT2D eigenvalue weighted by atomic mass is 79.9. The fourth-order valence-electron chi connectivity index (χ4n) is 1.21. The van der Waals surface area contributed by atoms with Gasteiger partial charge in [-0.2, -0.15) is 5.10 Å². The molecule has 0 aliphatic heterocycles. The first-order valence-corrected chi connectivity index (χ1v) is 5.68. The first-order valence-electron chi connectivity index (χ1n) is 4.89. The summed E-state index contributed by atoms with van der Waals surface area (Å²) < 4.78 is 13.2. The van der Waals surface area contributed by atoms with Gasteiger partial charge in [0.25, 0.3) is 0 Å². The number of nitrogen functional groups attached to an aromatic ring is 1. The second-order valence-electron chi connectivity index (χ2n) is 2.91. The van der Waals surface area contributed by atoms with Crippen molar-refractivity contribution in [2.24, 2.45) is 0 Å². The zero-order chi connectivity index (χ0) is 11.3. The number of nitrogens with two attached hydrogens (primary N) is 1. The molecule has 0 atom stereocenters. The van der Waals surface area contributed by atoms with Crippen molar-refractivity contribution in [3.63, 3.8) is 0 Å². The van der Waals surface area contributed by atoms with Crippen molar-refractivity contribution in [2.75, 3.05) is 18.9 Å². The van der Waals surface area contributed by atoms with E-state index in [1.165, 1.54) is 0 Å². The summed E-state index contributed by atoms with van der Waals surface area (Å²) in [5, 5.41) is 4.16. The quantitative estimate of drug-likeness (QED) is 0.803. The maximum atomic E-state index is 5.74. The normalized spacial score (nSPS) is 11.2. The van der Waals surface area contributed by atoms with Gasteiger partial charge in [0.1, 0.15) is 10.4 Å². The number of anilines is 1. The highest BCUT2D eigenvalue weighted by Gasteiger charge is 2.12. The highest BCUT2D eigenvalue weighted by molar-refractivity contribution is 9.10. The van der Waals surface area contributed by atoms with Gasteiger partial charge < -0.3 is 15.2 Å². The lowest BCUT2D eigenvalue weighted by Gasteiger charge is -2.17. The minimum Gasteiger partial charge on any atom is -0.384 e. The number of hydrogen-bond donors (Lipinski definition) is 1. The second kappa shape index (κ2) is 6.09. The van der Waals surface area contributed by atoms with Crippen LogP contribution in [0.15, 0.2) is 10.7 Å². The molecule has 1 rings (SSSR count). The minimum atomic E-state index is -0.297. The van der Waals surface area contributed by atoms with Gasteiger partial charge in [0.2, 0.25) is 0 Å². The molecule has 0 aliphatic carbocycles. The average Bonchev–Trinajstić information content (AvgIpc) is 2.46. The largest absolute Gasteiger partial charge is 0.384 e. The number of nitrogens with zero attached hydrogens (tertiary/aromatic N) is 2. The molecule has 0 unspecified atom stereocenters. The molecular weight excluding hydrogens is 262 g/mol. The number of rotatable bonds is 6. The van der Waals surface area contributed by atoms with Crippen LogP contribution in [-0.4, -0.2) is 29.3 Å². The number of ether oxygens (including phenoxy) is 2. The van der Waals surface area contributed by atoms with Gasteiger partial charge in [-0.15, -0.1) is 0 Å². The lowest BCUT2D eigenvalue weighted by Crippen LogP contribution is -2.25. The van der Waals surface area contributed by atoms with Gasteiger partial charge in [0.15, 0.2) is 6.29 Å². The van der Waals surface area contributed by atoms with Crippen LogP contribution in [0, 0.1) is 0 Å². The van der Waals surface area contributed by atoms with E-state index in [9.17, 15) is 0 Å². The van der Waals surface area contributed by atoms with E-state index < -0.39 is 0 Å². The molecule has 0 radical (unpaired) electrons. The molecule has 0 bridgehead atoms. The monoisotopic (exact) mass is 277 g/mol. The summed E-state index contributed by atoms with van der Waals surface area (Å²) in [4.78, 5) is 0. The van der Waals surface area contributed by atoms with Crippen molar-refractivity contribution in [3.05, 3.63) is 10.7 Å². The molecule has 0 saturated carbocycles. The Bertz CT molecular complexity index is 298. The van der Waals surface area contributed by atoms with Gasteiger partial charge in [-0.05, 0) is 29.8 Å². The Balaban J connectivity index is 2.60. The van der Waals surface area contributed by atoms with Crippen LogP contribution >= 0.6 is 15.9 Å². The van der Waals surface area contributed by atoms with Crippen LogP contribution in [0.5, 0.6) is 0 Å². The smallest absolute Gasteiger partial charge is 0.177 e. The summed E-state index contributed by atoms with van der Waals surface area (Å²) in [6, 6.07) is 1.74. The van der Waals surface area contributed by atoms with Crippen LogP contribution in [0.4, 0.5) is 5.82 Å². The molecule has 1 aromatic rings. The molecule has 0 fully saturated rings. The fraction of sp³-hybridized carbons (Fsp3) is 0.667. The summed E-state index contributed by atoms with van der Waals surface area (Å²) in [6.45, 7) is 5.56. The maximum absolute atomic E-state index is 5.74. The molecule has 2 N–H and O–H groups in total. The summed E-state index contributed by atoms with van der Waals surface area (Å²) >= 11 is 3.26. The van der Waals surface area contributed by atoms with Crippen molar-refractivity contribution >= 4 is 21.7 Å². The predicted octanol–water partition coefficient (Wildman–Crippen LogP) is 1.63. The van der Waals surface area contributed by atoms with E-state index in [2.05, 4.69) is 21.0 Å². The molecule has 0 amide bonds. The summed E-state index contributed by atoms with van der Waals surface area (Å²) in [6.07, 6.45) is -0.297. The van der Waals surface area contributed by atoms with Gasteiger partial charge >= 0.3 is 0 Å². The van der Waals surface area contributed by atoms with Gasteiger partial charge in [0, 0.05) is 19.3 Å². The van der Waals surface area contributed by atoms with Crippen LogP contribution in [0.2, 0.25) is 0 Å². The molecule has 0 aromatic carbocycles. The first kappa shape index (κ1) is 12.5. The van der Waals surface area contributed by atoms with Crippen LogP contribution in [0.25, 0.3) is 0 Å². The SMILES string of the molecule is CCOC(Cn1nc(Br)cc1N)OCC. The fourth-order valence-corrected chi connectivity index (χ4v) is 1.64. The summed E-state index contributed by atoms with van der Waals surface area (Å²) in [5.74, 6) is 0.589. The Morgan fingerprint density at radius 2 is 2.07 bits per heavy atom. The topological polar surface area (TPSA) is 62.3 Å². The van der Waals surface area contributed by atoms with E-state index >= 15 is 0 Å². The van der Waals surface area contributed by atoms with Crippen molar-refractivity contribution in [1.82, 2.24) is 9.78 Å². The first-order chi connectivity index (χ1) is 7.17. The Kier molecular flexibility index (Phi) is 5.07. The zero-order valence-electron chi connectivity index (χ0n) is 8.94. The lowest BCUT2D eigenvalue weighted by atomic mass is 10.5. The minimum absolute atomic E-state index is 0.297. The molecule has 5 nitrogen and oxygen atoms in total. The Hall–Kier alpha value is -0.590. The number of halogens is 1. The molecule has 0 saturated heterocycles. The standard InChI is InChI=1S/C9H16BrN3O2/c1-3-14-9(15-4-2)6-13-8(11)5-7(10)12-13/h5,9H,3-4,6,11H2,1-2H3. The van der Waals surface area contributed by atoms with Gasteiger partial charge in [-0.3, -0.25) is 0 Å². The van der Waals surface area contributed by atoms with Gasteiger partial charge in [-0.1, -0.05) is 0 Å². The van der Waals surface area contributed by atoms with Crippen LogP contribution in [0.3, 0.4) is 0 Å². The third kappa shape index (κ3) is 3.81. The van der Waals surface area contributed by atoms with Crippen molar-refractivity contribution in [1.29, 1.82) is 0 Å². The van der Waals surface area contributed by atoms with Crippen molar-refractivity contribution < 1.29 is 9.47 Å². The van der Waals surface area contributed by atoms with Crippen LogP contribution in [0.1, 0.15) is 13.8 Å². The van der Waals surface area contributed by atoms with Crippen molar-refractivity contribution in [2.45, 2.75) is 26.7 Å². The average molecular weight is 278 g/mol. The molecule has 1 aromatic heterocycles. The Labute approximate surface area is 97.7 Å². The van der Waals surface area contributed by atoms with Crippen LogP contribution in [-0.2, 0) is 16.0 Å². The summed E-state index contributed by atoms with van der Waals surface area (Å²) in [7, 11) is 0. The highest BCUT2D eigenvalue weighted by Crippen LogP contribution is 2.13. The maximum Gasteiger partial charge on any atom is 0.177 e. The van der Waals surface area contributed by atoms with E-state index in [-0.39, 0.29) is 6.29 Å². The molecular formula is C9H16BrN3O2. The molecule has 6 heteroatoms. The zero-order valence-corrected chi connectivity index (χ0v) is 10.5. The van der Waals surface area contributed by atoms with E-state index in [1.54, 1.807) is 10.7 Å². The third-order valence-electron chi connectivity index (χ3n) is 1.81. The van der Waals surface area contributed by atoms with Crippen LogP contribution < -0.4 is 5.73 Å². The number of aromatic nitrogens is 2. The van der Waals surface area contributed by atoms with E-state index in [0.717, 1.165) is 0 Å². The second-order valence-corrected chi connectivity index (χ2v) is 3.73. The predicted molar refractivity (Wildman–Crippen MR) is 61.4 cm³/mol. The molecule has 1 heterocycles. The van der Waals surface area contributed by atoms with Gasteiger partial charge in [-0.25, -0.2) is 4.68 Å². The Morgan fingerprint density at radius 1 is 1.47 bits per heavy atom. The van der Waals surface area contributed by atoms with Gasteiger partial charge in [0.05, 0.1) is 6.54 Å². The van der Waals surface area contributed by atoms with E-state index in [1.807, 2.05) is 13.8 Å². The van der Waals surface area contributed by atoms with E-state index in [0.29, 0.717) is 30.2 Å². The van der Waals surface area contributed by atoms with Crippen molar-refractivity contribution in [3.8, 4) is 0 Å².